The molecule has 0 aromatic heterocycles. The zero-order valence-corrected chi connectivity index (χ0v) is 9.14. The van der Waals surface area contributed by atoms with E-state index in [9.17, 15) is 4.39 Å². The Balaban J connectivity index is 2.54. The van der Waals surface area contributed by atoms with E-state index >= 15 is 0 Å². The Hall–Kier alpha value is -1.13. The molecule has 84 valence electrons. The smallest absolute Gasteiger partial charge is 0.123 e. The summed E-state index contributed by atoms with van der Waals surface area (Å²) in [5.74, 6) is 0.481. The Morgan fingerprint density at radius 2 is 2.13 bits per heavy atom. The largest absolute Gasteiger partial charge is 0.496 e. The van der Waals surface area contributed by atoms with Crippen molar-refractivity contribution in [1.82, 2.24) is 10.6 Å². The molecule has 0 aliphatic rings. The molecule has 0 saturated carbocycles. The quantitative estimate of drug-likeness (QED) is 0.694. The summed E-state index contributed by atoms with van der Waals surface area (Å²) in [6.45, 7) is 2.34. The summed E-state index contributed by atoms with van der Waals surface area (Å²) in [4.78, 5) is 0. The van der Waals surface area contributed by atoms with E-state index in [0.717, 1.165) is 18.7 Å². The van der Waals surface area contributed by atoms with Crippen molar-refractivity contribution >= 4 is 0 Å². The van der Waals surface area contributed by atoms with Crippen LogP contribution in [0.3, 0.4) is 0 Å². The maximum Gasteiger partial charge on any atom is 0.123 e. The van der Waals surface area contributed by atoms with Gasteiger partial charge in [0.25, 0.3) is 0 Å². The fraction of sp³-hybridized carbons (Fsp3) is 0.455. The van der Waals surface area contributed by atoms with Gasteiger partial charge in [0.15, 0.2) is 0 Å². The predicted octanol–water partition coefficient (Wildman–Crippen LogP) is 1.14. The normalized spacial score (nSPS) is 10.3. The second kappa shape index (κ2) is 6.37. The van der Waals surface area contributed by atoms with Crippen LogP contribution in [0.5, 0.6) is 5.75 Å². The summed E-state index contributed by atoms with van der Waals surface area (Å²) in [6, 6.07) is 4.53. The van der Waals surface area contributed by atoms with Gasteiger partial charge >= 0.3 is 0 Å². The minimum absolute atomic E-state index is 0.235. The lowest BCUT2D eigenvalue weighted by Gasteiger charge is -2.09. The third kappa shape index (κ3) is 3.85. The molecule has 0 saturated heterocycles. The van der Waals surface area contributed by atoms with Crippen molar-refractivity contribution in [2.45, 2.75) is 6.54 Å². The third-order valence-electron chi connectivity index (χ3n) is 2.11. The van der Waals surface area contributed by atoms with Crippen LogP contribution in [0.1, 0.15) is 5.56 Å². The van der Waals surface area contributed by atoms with Gasteiger partial charge in [-0.3, -0.25) is 0 Å². The number of methoxy groups -OCH3 is 1. The fourth-order valence-corrected chi connectivity index (χ4v) is 1.32. The van der Waals surface area contributed by atoms with Crippen LogP contribution in [0.15, 0.2) is 18.2 Å². The Kier molecular flexibility index (Phi) is 5.07. The van der Waals surface area contributed by atoms with Crippen molar-refractivity contribution in [3.63, 3.8) is 0 Å². The highest BCUT2D eigenvalue weighted by Gasteiger charge is 2.03. The number of benzene rings is 1. The first-order valence-corrected chi connectivity index (χ1v) is 4.95. The van der Waals surface area contributed by atoms with Crippen molar-refractivity contribution < 1.29 is 9.13 Å². The molecular weight excluding hydrogens is 195 g/mol. The molecule has 1 rings (SSSR count). The summed E-state index contributed by atoms with van der Waals surface area (Å²) in [7, 11) is 3.48. The minimum atomic E-state index is -0.235. The predicted molar refractivity (Wildman–Crippen MR) is 58.6 cm³/mol. The first-order valence-electron chi connectivity index (χ1n) is 4.95. The van der Waals surface area contributed by atoms with Crippen molar-refractivity contribution in [3.05, 3.63) is 29.6 Å². The first kappa shape index (κ1) is 11.9. The van der Waals surface area contributed by atoms with Crippen molar-refractivity contribution in [2.75, 3.05) is 27.2 Å². The van der Waals surface area contributed by atoms with E-state index in [2.05, 4.69) is 10.6 Å². The second-order valence-corrected chi connectivity index (χ2v) is 3.24. The van der Waals surface area contributed by atoms with Gasteiger partial charge in [0.2, 0.25) is 0 Å². The topological polar surface area (TPSA) is 33.3 Å². The number of rotatable bonds is 6. The average Bonchev–Trinajstić information content (AvgIpc) is 2.25. The highest BCUT2D eigenvalue weighted by molar-refractivity contribution is 5.33. The van der Waals surface area contributed by atoms with E-state index in [1.54, 1.807) is 13.2 Å². The lowest BCUT2D eigenvalue weighted by Crippen LogP contribution is -2.24. The van der Waals surface area contributed by atoms with Gasteiger partial charge in [-0.05, 0) is 25.2 Å². The summed E-state index contributed by atoms with van der Waals surface area (Å²) in [6.07, 6.45) is 0. The van der Waals surface area contributed by atoms with Crippen LogP contribution in [-0.4, -0.2) is 27.2 Å². The zero-order valence-electron chi connectivity index (χ0n) is 9.14. The van der Waals surface area contributed by atoms with Crippen LogP contribution in [0.4, 0.5) is 4.39 Å². The van der Waals surface area contributed by atoms with Crippen molar-refractivity contribution in [3.8, 4) is 5.75 Å². The van der Waals surface area contributed by atoms with E-state index in [-0.39, 0.29) is 5.82 Å². The molecule has 2 N–H and O–H groups in total. The number of hydrogen-bond acceptors (Lipinski definition) is 3. The Morgan fingerprint density at radius 1 is 1.33 bits per heavy atom. The third-order valence-corrected chi connectivity index (χ3v) is 2.11. The maximum absolute atomic E-state index is 13.0. The molecule has 0 radical (unpaired) electrons. The van der Waals surface area contributed by atoms with Crippen LogP contribution in [-0.2, 0) is 6.54 Å². The SMILES string of the molecule is CNCCNCc1cc(F)ccc1OC. The molecule has 0 bridgehead atoms. The second-order valence-electron chi connectivity index (χ2n) is 3.24. The molecule has 0 amide bonds. The van der Waals surface area contributed by atoms with Gasteiger partial charge in [-0.15, -0.1) is 0 Å². The minimum Gasteiger partial charge on any atom is -0.496 e. The molecule has 15 heavy (non-hydrogen) atoms. The molecule has 0 aliphatic carbocycles. The van der Waals surface area contributed by atoms with E-state index in [0.29, 0.717) is 12.3 Å². The van der Waals surface area contributed by atoms with Gasteiger partial charge in [0.05, 0.1) is 7.11 Å². The molecule has 1 aromatic rings. The van der Waals surface area contributed by atoms with Gasteiger partial charge in [0.1, 0.15) is 11.6 Å². The number of halogens is 1. The summed E-state index contributed by atoms with van der Waals surface area (Å²) >= 11 is 0. The summed E-state index contributed by atoms with van der Waals surface area (Å²) < 4.78 is 18.1. The molecule has 0 fully saturated rings. The number of ether oxygens (including phenoxy) is 1. The van der Waals surface area contributed by atoms with Gasteiger partial charge in [-0.1, -0.05) is 0 Å². The van der Waals surface area contributed by atoms with E-state index < -0.39 is 0 Å². The summed E-state index contributed by atoms with van der Waals surface area (Å²) in [5.41, 5.74) is 0.841. The van der Waals surface area contributed by atoms with Gasteiger partial charge < -0.3 is 15.4 Å². The number of nitrogens with one attached hydrogen (secondary N) is 2. The monoisotopic (exact) mass is 212 g/mol. The zero-order chi connectivity index (χ0) is 11.1. The number of hydrogen-bond donors (Lipinski definition) is 2. The van der Waals surface area contributed by atoms with E-state index in [1.807, 2.05) is 7.05 Å². The van der Waals surface area contributed by atoms with Crippen LogP contribution in [0.25, 0.3) is 0 Å². The average molecular weight is 212 g/mol. The lowest BCUT2D eigenvalue weighted by atomic mass is 10.2. The number of likely N-dealkylation sites (N-methyl/N-ethyl adjacent to an activating group) is 1. The molecule has 0 atom stereocenters. The Morgan fingerprint density at radius 3 is 2.80 bits per heavy atom. The van der Waals surface area contributed by atoms with Crippen molar-refractivity contribution in [1.29, 1.82) is 0 Å². The first-order chi connectivity index (χ1) is 7.27. The standard InChI is InChI=1S/C11H17FN2O/c1-13-5-6-14-8-9-7-10(12)3-4-11(9)15-2/h3-4,7,13-14H,5-6,8H2,1-2H3. The van der Waals surface area contributed by atoms with Gasteiger partial charge in [0, 0.05) is 25.2 Å². The highest BCUT2D eigenvalue weighted by atomic mass is 19.1. The maximum atomic E-state index is 13.0. The van der Waals surface area contributed by atoms with Crippen molar-refractivity contribution in [2.24, 2.45) is 0 Å². The molecule has 0 heterocycles. The highest BCUT2D eigenvalue weighted by Crippen LogP contribution is 2.18. The van der Waals surface area contributed by atoms with Crippen LogP contribution >= 0.6 is 0 Å². The van der Waals surface area contributed by atoms with E-state index in [1.165, 1.54) is 12.1 Å². The summed E-state index contributed by atoms with van der Waals surface area (Å²) in [5, 5.41) is 6.22. The molecular formula is C11H17FN2O. The molecule has 0 aliphatic heterocycles. The fourth-order valence-electron chi connectivity index (χ4n) is 1.32. The van der Waals surface area contributed by atoms with Crippen LogP contribution in [0.2, 0.25) is 0 Å². The van der Waals surface area contributed by atoms with Crippen LogP contribution < -0.4 is 15.4 Å². The Labute approximate surface area is 89.6 Å². The van der Waals surface area contributed by atoms with Gasteiger partial charge in [-0.2, -0.15) is 0 Å². The van der Waals surface area contributed by atoms with Gasteiger partial charge in [-0.25, -0.2) is 4.39 Å². The van der Waals surface area contributed by atoms with E-state index in [4.69, 9.17) is 4.74 Å². The molecule has 3 nitrogen and oxygen atoms in total. The molecule has 0 spiro atoms. The lowest BCUT2D eigenvalue weighted by molar-refractivity contribution is 0.406. The molecule has 0 unspecified atom stereocenters. The molecule has 4 heteroatoms. The van der Waals surface area contributed by atoms with Crippen LogP contribution in [0, 0.1) is 5.82 Å². The Bertz CT molecular complexity index is 305. The molecule has 1 aromatic carbocycles.